The molecule has 0 spiro atoms. The van der Waals surface area contributed by atoms with E-state index in [0.717, 1.165) is 0 Å². The maximum Gasteiger partial charge on any atom is 0.251 e. The number of aliphatic imine (C=N–C) groups is 1. The highest BCUT2D eigenvalue weighted by molar-refractivity contribution is 5.99. The second-order valence-electron chi connectivity index (χ2n) is 9.53. The van der Waals surface area contributed by atoms with Crippen LogP contribution in [0.4, 0.5) is 4.39 Å². The van der Waals surface area contributed by atoms with E-state index >= 15 is 0 Å². The van der Waals surface area contributed by atoms with Crippen LogP contribution >= 0.6 is 0 Å². The molecule has 2 amide bonds. The molecule has 0 radical (unpaired) electrons. The summed E-state index contributed by atoms with van der Waals surface area (Å²) >= 11 is 0. The molecule has 1 saturated heterocycles. The maximum atomic E-state index is 13.5. The minimum absolute atomic E-state index is 0.00413. The van der Waals surface area contributed by atoms with E-state index in [4.69, 9.17) is 11.5 Å². The molecule has 2 rings (SSSR count). The zero-order chi connectivity index (χ0) is 26.8. The van der Waals surface area contributed by atoms with E-state index in [1.165, 1.54) is 29.2 Å². The number of amides is 2. The molecular weight excluding hydrogens is 465 g/mol. The molecule has 0 bridgehead atoms. The SMILES string of the molecule is CCC(=O)[C@@H](CCCN=C(N)N)CC(=O)[C@@H]1CCCN1C(=O)[C@@H](NC(=O)c1ccc(F)cc1)C(C)C. The van der Waals surface area contributed by atoms with Gasteiger partial charge in [-0.15, -0.1) is 0 Å². The fourth-order valence-corrected chi connectivity index (χ4v) is 4.47. The monoisotopic (exact) mass is 503 g/mol. The average molecular weight is 504 g/mol. The standard InChI is InChI=1S/C26H38FN5O4/c1-4-21(33)18(7-5-13-30-26(28)29)15-22(34)20-8-6-14-32(20)25(36)23(16(2)3)31-24(35)17-9-11-19(27)12-10-17/h9-12,16,18,20,23H,4-8,13-15H2,1-3H3,(H,31,35)(H4,28,29,30)/t18-,20-,23-/m0/s1. The van der Waals surface area contributed by atoms with Crippen LogP contribution in [-0.4, -0.2) is 59.4 Å². The Morgan fingerprint density at radius 2 is 1.83 bits per heavy atom. The number of benzene rings is 1. The number of hydrogen-bond acceptors (Lipinski definition) is 5. The number of nitrogens with one attached hydrogen (secondary N) is 1. The lowest BCUT2D eigenvalue weighted by Crippen LogP contribution is -2.54. The van der Waals surface area contributed by atoms with E-state index in [0.29, 0.717) is 45.2 Å². The number of carbonyl (C=O) groups excluding carboxylic acids is 4. The fraction of sp³-hybridized carbons (Fsp3) is 0.577. The van der Waals surface area contributed by atoms with Gasteiger partial charge >= 0.3 is 0 Å². The van der Waals surface area contributed by atoms with Crippen molar-refractivity contribution >= 4 is 29.3 Å². The third-order valence-corrected chi connectivity index (χ3v) is 6.49. The van der Waals surface area contributed by atoms with Gasteiger partial charge in [0.25, 0.3) is 5.91 Å². The first-order valence-corrected chi connectivity index (χ1v) is 12.5. The highest BCUT2D eigenvalue weighted by Gasteiger charge is 2.39. The third-order valence-electron chi connectivity index (χ3n) is 6.49. The molecule has 1 aliphatic heterocycles. The summed E-state index contributed by atoms with van der Waals surface area (Å²) in [4.78, 5) is 57.4. The summed E-state index contributed by atoms with van der Waals surface area (Å²) in [5.41, 5.74) is 10.9. The topological polar surface area (TPSA) is 148 Å². The Hall–Kier alpha value is -3.30. The summed E-state index contributed by atoms with van der Waals surface area (Å²) < 4.78 is 13.2. The highest BCUT2D eigenvalue weighted by atomic mass is 19.1. The molecule has 9 nitrogen and oxygen atoms in total. The molecule has 5 N–H and O–H groups in total. The minimum Gasteiger partial charge on any atom is -0.370 e. The van der Waals surface area contributed by atoms with Gasteiger partial charge in [-0.3, -0.25) is 24.2 Å². The van der Waals surface area contributed by atoms with Gasteiger partial charge in [-0.25, -0.2) is 4.39 Å². The number of likely N-dealkylation sites (tertiary alicyclic amines) is 1. The van der Waals surface area contributed by atoms with Crippen molar-refractivity contribution < 1.29 is 23.6 Å². The molecule has 1 heterocycles. The quantitative estimate of drug-likeness (QED) is 0.213. The molecule has 0 unspecified atom stereocenters. The van der Waals surface area contributed by atoms with Gasteiger partial charge in [-0.05, 0) is 55.9 Å². The number of hydrogen-bond donors (Lipinski definition) is 3. The van der Waals surface area contributed by atoms with Crippen molar-refractivity contribution in [2.45, 2.75) is 71.4 Å². The second-order valence-corrected chi connectivity index (χ2v) is 9.53. The van der Waals surface area contributed by atoms with Crippen molar-refractivity contribution in [3.05, 3.63) is 35.6 Å². The van der Waals surface area contributed by atoms with Crippen LogP contribution in [0, 0.1) is 17.7 Å². The smallest absolute Gasteiger partial charge is 0.251 e. The predicted molar refractivity (Wildman–Crippen MR) is 136 cm³/mol. The van der Waals surface area contributed by atoms with Crippen LogP contribution in [0.15, 0.2) is 29.3 Å². The summed E-state index contributed by atoms with van der Waals surface area (Å²) in [7, 11) is 0. The molecule has 0 aromatic heterocycles. The van der Waals surface area contributed by atoms with Crippen molar-refractivity contribution in [3.63, 3.8) is 0 Å². The molecule has 10 heteroatoms. The summed E-state index contributed by atoms with van der Waals surface area (Å²) in [5, 5.41) is 2.75. The van der Waals surface area contributed by atoms with Crippen molar-refractivity contribution in [1.82, 2.24) is 10.2 Å². The molecule has 198 valence electrons. The van der Waals surface area contributed by atoms with Crippen LogP contribution in [0.1, 0.15) is 69.7 Å². The van der Waals surface area contributed by atoms with Crippen molar-refractivity contribution in [2.24, 2.45) is 28.3 Å². The summed E-state index contributed by atoms with van der Waals surface area (Å²) in [6.45, 7) is 6.17. The number of Topliss-reactive ketones (excluding diaryl/α,β-unsaturated/α-hetero) is 2. The van der Waals surface area contributed by atoms with Crippen LogP contribution < -0.4 is 16.8 Å². The first-order chi connectivity index (χ1) is 17.0. The summed E-state index contributed by atoms with van der Waals surface area (Å²) in [5.74, 6) is -2.14. The van der Waals surface area contributed by atoms with Gasteiger partial charge in [0.15, 0.2) is 11.7 Å². The number of ketones is 2. The van der Waals surface area contributed by atoms with Gasteiger partial charge in [0.2, 0.25) is 5.91 Å². The molecule has 0 saturated carbocycles. The Labute approximate surface area is 211 Å². The Morgan fingerprint density at radius 1 is 1.17 bits per heavy atom. The van der Waals surface area contributed by atoms with Crippen LogP contribution in [0.25, 0.3) is 0 Å². The van der Waals surface area contributed by atoms with E-state index in [2.05, 4.69) is 10.3 Å². The lowest BCUT2D eigenvalue weighted by atomic mass is 9.89. The molecule has 0 aliphatic carbocycles. The predicted octanol–water partition coefficient (Wildman–Crippen LogP) is 2.18. The molecule has 36 heavy (non-hydrogen) atoms. The fourth-order valence-electron chi connectivity index (χ4n) is 4.47. The molecule has 1 aromatic carbocycles. The van der Waals surface area contributed by atoms with E-state index < -0.39 is 29.7 Å². The number of rotatable bonds is 13. The largest absolute Gasteiger partial charge is 0.370 e. The Balaban J connectivity index is 2.09. The molecule has 1 aliphatic rings. The summed E-state index contributed by atoms with van der Waals surface area (Å²) in [6, 6.07) is 3.60. The van der Waals surface area contributed by atoms with Gasteiger partial charge in [0, 0.05) is 37.4 Å². The number of halogens is 1. The number of nitrogens with zero attached hydrogens (tertiary/aromatic N) is 2. The van der Waals surface area contributed by atoms with Crippen LogP contribution in [0.3, 0.4) is 0 Å². The van der Waals surface area contributed by atoms with Gasteiger partial charge in [0.05, 0.1) is 6.04 Å². The Kier molecular flexibility index (Phi) is 11.0. The Bertz CT molecular complexity index is 960. The minimum atomic E-state index is -0.844. The van der Waals surface area contributed by atoms with Crippen molar-refractivity contribution in [2.75, 3.05) is 13.1 Å². The molecule has 1 aromatic rings. The number of carbonyl (C=O) groups is 4. The number of guanidine groups is 1. The van der Waals surface area contributed by atoms with E-state index in [1.807, 2.05) is 13.8 Å². The zero-order valence-electron chi connectivity index (χ0n) is 21.3. The normalized spacial score (nSPS) is 16.9. The third kappa shape index (κ3) is 8.13. The first-order valence-electron chi connectivity index (χ1n) is 12.5. The van der Waals surface area contributed by atoms with Crippen LogP contribution in [0.5, 0.6) is 0 Å². The highest BCUT2D eigenvalue weighted by Crippen LogP contribution is 2.25. The second kappa shape index (κ2) is 13.7. The van der Waals surface area contributed by atoms with Crippen LogP contribution in [-0.2, 0) is 14.4 Å². The van der Waals surface area contributed by atoms with E-state index in [1.54, 1.807) is 6.92 Å². The average Bonchev–Trinajstić information content (AvgIpc) is 3.33. The van der Waals surface area contributed by atoms with Crippen LogP contribution in [0.2, 0.25) is 0 Å². The lowest BCUT2D eigenvalue weighted by Gasteiger charge is -2.31. The van der Waals surface area contributed by atoms with Gasteiger partial charge < -0.3 is 21.7 Å². The van der Waals surface area contributed by atoms with Gasteiger partial charge in [0.1, 0.15) is 17.6 Å². The van der Waals surface area contributed by atoms with Gasteiger partial charge in [-0.1, -0.05) is 20.8 Å². The van der Waals surface area contributed by atoms with Crippen molar-refractivity contribution in [1.29, 1.82) is 0 Å². The maximum absolute atomic E-state index is 13.5. The molecule has 1 fully saturated rings. The number of nitrogens with two attached hydrogens (primary N) is 2. The Morgan fingerprint density at radius 3 is 2.42 bits per heavy atom. The first kappa shape index (κ1) is 28.9. The van der Waals surface area contributed by atoms with E-state index in [-0.39, 0.29) is 41.3 Å². The van der Waals surface area contributed by atoms with Gasteiger partial charge in [-0.2, -0.15) is 0 Å². The molecule has 3 atom stereocenters. The molecular formula is C26H38FN5O4. The summed E-state index contributed by atoms with van der Waals surface area (Å²) in [6.07, 6.45) is 2.60. The van der Waals surface area contributed by atoms with E-state index in [9.17, 15) is 23.6 Å². The zero-order valence-corrected chi connectivity index (χ0v) is 21.3. The lowest BCUT2D eigenvalue weighted by molar-refractivity contribution is -0.140. The van der Waals surface area contributed by atoms with Crippen molar-refractivity contribution in [3.8, 4) is 0 Å².